The second-order valence-corrected chi connectivity index (χ2v) is 5.56. The molecule has 0 saturated carbocycles. The first-order valence-corrected chi connectivity index (χ1v) is 7.52. The van der Waals surface area contributed by atoms with Crippen LogP contribution >= 0.6 is 0 Å². The van der Waals surface area contributed by atoms with Crippen LogP contribution < -0.4 is 10.9 Å². The number of H-pyrrole nitrogens is 1. The summed E-state index contributed by atoms with van der Waals surface area (Å²) in [5, 5.41) is 2.82. The molecule has 1 heterocycles. The van der Waals surface area contributed by atoms with Gasteiger partial charge in [-0.25, -0.2) is 0 Å². The lowest BCUT2D eigenvalue weighted by atomic mass is 10.0. The van der Waals surface area contributed by atoms with Gasteiger partial charge in [-0.15, -0.1) is 0 Å². The Labute approximate surface area is 121 Å². The molecular formula is C16H26N2O2. The van der Waals surface area contributed by atoms with Crippen LogP contribution in [0.5, 0.6) is 0 Å². The van der Waals surface area contributed by atoms with Crippen molar-refractivity contribution in [1.82, 2.24) is 10.3 Å². The summed E-state index contributed by atoms with van der Waals surface area (Å²) in [7, 11) is 0. The molecule has 0 bridgehead atoms. The van der Waals surface area contributed by atoms with E-state index in [1.165, 1.54) is 0 Å². The van der Waals surface area contributed by atoms with E-state index in [1.54, 1.807) is 6.07 Å². The average Bonchev–Trinajstić information content (AvgIpc) is 2.39. The number of amides is 1. The molecule has 0 spiro atoms. The van der Waals surface area contributed by atoms with Crippen molar-refractivity contribution in [1.29, 1.82) is 0 Å². The molecule has 0 aliphatic carbocycles. The van der Waals surface area contributed by atoms with Crippen LogP contribution in [0.25, 0.3) is 0 Å². The smallest absolute Gasteiger partial charge is 0.261 e. The third kappa shape index (κ3) is 4.51. The fraction of sp³-hybridized carbons (Fsp3) is 0.625. The number of rotatable bonds is 7. The summed E-state index contributed by atoms with van der Waals surface area (Å²) < 4.78 is 0. The van der Waals surface area contributed by atoms with Crippen LogP contribution in [0.3, 0.4) is 0 Å². The van der Waals surface area contributed by atoms with E-state index in [9.17, 15) is 9.59 Å². The molecule has 4 heteroatoms. The number of nitrogens with one attached hydrogen (secondary N) is 2. The van der Waals surface area contributed by atoms with Gasteiger partial charge in [0.1, 0.15) is 5.56 Å². The maximum Gasteiger partial charge on any atom is 0.261 e. The van der Waals surface area contributed by atoms with E-state index < -0.39 is 0 Å². The average molecular weight is 278 g/mol. The SMILES string of the molecule is CCCc1cc(C(=O)NCCC(C)C)c(=O)[nH]c1CC. The third-order valence-corrected chi connectivity index (χ3v) is 3.34. The van der Waals surface area contributed by atoms with E-state index in [-0.39, 0.29) is 17.0 Å². The molecule has 0 aromatic carbocycles. The van der Waals surface area contributed by atoms with Crippen molar-refractivity contribution in [3.05, 3.63) is 33.2 Å². The molecule has 1 aromatic heterocycles. The summed E-state index contributed by atoms with van der Waals surface area (Å²) in [6, 6.07) is 1.76. The Kier molecular flexibility index (Phi) is 6.49. The number of pyridine rings is 1. The van der Waals surface area contributed by atoms with E-state index >= 15 is 0 Å². The number of carbonyl (C=O) groups excluding carboxylic acids is 1. The van der Waals surface area contributed by atoms with Crippen molar-refractivity contribution in [2.24, 2.45) is 5.92 Å². The van der Waals surface area contributed by atoms with Gasteiger partial charge in [-0.1, -0.05) is 34.1 Å². The molecule has 0 fully saturated rings. The topological polar surface area (TPSA) is 62.0 Å². The Morgan fingerprint density at radius 2 is 2.05 bits per heavy atom. The number of carbonyl (C=O) groups is 1. The minimum atomic E-state index is -0.288. The van der Waals surface area contributed by atoms with Crippen LogP contribution in [-0.2, 0) is 12.8 Å². The van der Waals surface area contributed by atoms with Crippen molar-refractivity contribution < 1.29 is 4.79 Å². The molecule has 112 valence electrons. The summed E-state index contributed by atoms with van der Waals surface area (Å²) in [5.41, 5.74) is 1.96. The first kappa shape index (κ1) is 16.5. The van der Waals surface area contributed by atoms with Gasteiger partial charge in [0.05, 0.1) is 0 Å². The molecule has 0 saturated heterocycles. The largest absolute Gasteiger partial charge is 0.352 e. The first-order valence-electron chi connectivity index (χ1n) is 7.52. The Morgan fingerprint density at radius 1 is 1.35 bits per heavy atom. The zero-order valence-corrected chi connectivity index (χ0v) is 13.0. The minimum absolute atomic E-state index is 0.231. The zero-order chi connectivity index (χ0) is 15.1. The quantitative estimate of drug-likeness (QED) is 0.805. The lowest BCUT2D eigenvalue weighted by molar-refractivity contribution is 0.0950. The van der Waals surface area contributed by atoms with E-state index in [0.29, 0.717) is 12.5 Å². The summed E-state index contributed by atoms with van der Waals surface area (Å²) in [5.74, 6) is 0.263. The highest BCUT2D eigenvalue weighted by atomic mass is 16.2. The fourth-order valence-corrected chi connectivity index (χ4v) is 2.16. The van der Waals surface area contributed by atoms with Gasteiger partial charge in [0, 0.05) is 12.2 Å². The molecule has 1 rings (SSSR count). The van der Waals surface area contributed by atoms with Crippen LogP contribution in [0.4, 0.5) is 0 Å². The highest BCUT2D eigenvalue weighted by molar-refractivity contribution is 5.94. The van der Waals surface area contributed by atoms with Crippen LogP contribution in [0.15, 0.2) is 10.9 Å². The van der Waals surface area contributed by atoms with Gasteiger partial charge in [-0.05, 0) is 36.8 Å². The van der Waals surface area contributed by atoms with Gasteiger partial charge in [-0.2, -0.15) is 0 Å². The number of aryl methyl sites for hydroxylation is 2. The summed E-state index contributed by atoms with van der Waals surface area (Å²) in [4.78, 5) is 26.9. The second kappa shape index (κ2) is 7.88. The van der Waals surface area contributed by atoms with Gasteiger partial charge in [0.25, 0.3) is 11.5 Å². The Bertz CT molecular complexity index is 504. The third-order valence-electron chi connectivity index (χ3n) is 3.34. The minimum Gasteiger partial charge on any atom is -0.352 e. The van der Waals surface area contributed by atoms with Gasteiger partial charge >= 0.3 is 0 Å². The van der Waals surface area contributed by atoms with Crippen LogP contribution in [-0.4, -0.2) is 17.4 Å². The van der Waals surface area contributed by atoms with Crippen molar-refractivity contribution in [2.45, 2.75) is 53.4 Å². The molecule has 0 unspecified atom stereocenters. The second-order valence-electron chi connectivity index (χ2n) is 5.56. The molecule has 0 radical (unpaired) electrons. The molecule has 1 amide bonds. The number of hydrogen-bond acceptors (Lipinski definition) is 2. The van der Waals surface area contributed by atoms with Crippen LogP contribution in [0, 0.1) is 5.92 Å². The monoisotopic (exact) mass is 278 g/mol. The Balaban J connectivity index is 2.91. The Morgan fingerprint density at radius 3 is 2.60 bits per heavy atom. The molecule has 0 aliphatic heterocycles. The van der Waals surface area contributed by atoms with Crippen LogP contribution in [0.2, 0.25) is 0 Å². The van der Waals surface area contributed by atoms with Crippen molar-refractivity contribution >= 4 is 5.91 Å². The molecule has 0 atom stereocenters. The summed E-state index contributed by atoms with van der Waals surface area (Å²) in [6.07, 6.45) is 3.57. The van der Waals surface area contributed by atoms with Gasteiger partial charge < -0.3 is 10.3 Å². The lowest BCUT2D eigenvalue weighted by Crippen LogP contribution is -2.31. The fourth-order valence-electron chi connectivity index (χ4n) is 2.16. The van der Waals surface area contributed by atoms with Crippen LogP contribution in [0.1, 0.15) is 62.2 Å². The number of hydrogen-bond donors (Lipinski definition) is 2. The molecular weight excluding hydrogens is 252 g/mol. The van der Waals surface area contributed by atoms with Crippen molar-refractivity contribution in [3.63, 3.8) is 0 Å². The zero-order valence-electron chi connectivity index (χ0n) is 13.0. The predicted molar refractivity (Wildman–Crippen MR) is 82.2 cm³/mol. The van der Waals surface area contributed by atoms with E-state index in [2.05, 4.69) is 31.1 Å². The van der Waals surface area contributed by atoms with E-state index in [4.69, 9.17) is 0 Å². The molecule has 1 aromatic rings. The highest BCUT2D eigenvalue weighted by Crippen LogP contribution is 2.10. The Hall–Kier alpha value is -1.58. The predicted octanol–water partition coefficient (Wildman–Crippen LogP) is 2.67. The maximum atomic E-state index is 12.1. The first-order chi connectivity index (χ1) is 9.49. The van der Waals surface area contributed by atoms with Crippen molar-refractivity contribution in [3.8, 4) is 0 Å². The van der Waals surface area contributed by atoms with E-state index in [1.807, 2.05) is 6.92 Å². The summed E-state index contributed by atoms with van der Waals surface area (Å²) >= 11 is 0. The van der Waals surface area contributed by atoms with Gasteiger partial charge in [-0.3, -0.25) is 9.59 Å². The van der Waals surface area contributed by atoms with Gasteiger partial charge in [0.15, 0.2) is 0 Å². The number of aromatic nitrogens is 1. The number of aromatic amines is 1. The standard InChI is InChI=1S/C16H26N2O2/c1-5-7-12-10-13(16(20)18-14(12)6-2)15(19)17-9-8-11(3)4/h10-11H,5-9H2,1-4H3,(H,17,19)(H,18,20). The normalized spacial score (nSPS) is 10.8. The molecule has 2 N–H and O–H groups in total. The molecule has 20 heavy (non-hydrogen) atoms. The van der Waals surface area contributed by atoms with Gasteiger partial charge in [0.2, 0.25) is 0 Å². The van der Waals surface area contributed by atoms with Crippen molar-refractivity contribution in [2.75, 3.05) is 6.54 Å². The van der Waals surface area contributed by atoms with E-state index in [0.717, 1.165) is 36.9 Å². The molecule has 4 nitrogen and oxygen atoms in total. The maximum absolute atomic E-state index is 12.1. The lowest BCUT2D eigenvalue weighted by Gasteiger charge is -2.10. The summed E-state index contributed by atoms with van der Waals surface area (Å²) in [6.45, 7) is 8.91. The molecule has 0 aliphatic rings. The highest BCUT2D eigenvalue weighted by Gasteiger charge is 2.13.